The van der Waals surface area contributed by atoms with Gasteiger partial charge in [-0.1, -0.05) is 63.4 Å². The molecule has 0 aliphatic carbocycles. The van der Waals surface area contributed by atoms with E-state index < -0.39 is 81.3 Å². The molecule has 2 aromatic rings. The third-order valence-corrected chi connectivity index (χ3v) is 12.8. The lowest BCUT2D eigenvalue weighted by Gasteiger charge is -2.27. The highest BCUT2D eigenvalue weighted by atomic mass is 31.1. The molecule has 4 rings (SSSR count). The minimum Gasteiger partial charge on any atom is -0.412 e. The van der Waals surface area contributed by atoms with Crippen LogP contribution < -0.4 is 20.5 Å². The first kappa shape index (κ1) is 56.7. The van der Waals surface area contributed by atoms with Crippen molar-refractivity contribution in [3.63, 3.8) is 0 Å². The Balaban J connectivity index is 0.00000726. The maximum absolute atomic E-state index is 14.4. The van der Waals surface area contributed by atoms with E-state index in [-0.39, 0.29) is 41.4 Å². The quantitative estimate of drug-likeness (QED) is 0.0861. The highest BCUT2D eigenvalue weighted by molar-refractivity contribution is 7.17. The van der Waals surface area contributed by atoms with Crippen LogP contribution >= 0.6 is 8.69 Å². The molecule has 3 heterocycles. The van der Waals surface area contributed by atoms with Gasteiger partial charge in [0, 0.05) is 39.3 Å². The van der Waals surface area contributed by atoms with Gasteiger partial charge in [0.15, 0.2) is 11.6 Å². The number of hydrogen-bond acceptors (Lipinski definition) is 9. The summed E-state index contributed by atoms with van der Waals surface area (Å²) in [5, 5.41) is 18.9. The van der Waals surface area contributed by atoms with Gasteiger partial charge >= 0.3 is 8.69 Å². The Bertz CT molecular complexity index is 1810. The molecule has 4 amide bonds. The number of aryl methyl sites for hydroxylation is 3. The van der Waals surface area contributed by atoms with Gasteiger partial charge < -0.3 is 36.9 Å². The summed E-state index contributed by atoms with van der Waals surface area (Å²) in [6.45, 7) is 8.34. The molecule has 8 N–H and O–H groups in total. The van der Waals surface area contributed by atoms with Crippen molar-refractivity contribution in [3.8, 4) is 0 Å². The van der Waals surface area contributed by atoms with E-state index >= 15 is 0 Å². The normalized spacial score (nSPS) is 21.0. The van der Waals surface area contributed by atoms with Crippen LogP contribution in [0.3, 0.4) is 0 Å². The molecule has 1 fully saturated rings. The number of ketones is 2. The van der Waals surface area contributed by atoms with E-state index in [1.807, 2.05) is 32.4 Å². The molecule has 6 atom stereocenters. The lowest BCUT2D eigenvalue weighted by atomic mass is 9.89. The summed E-state index contributed by atoms with van der Waals surface area (Å²) in [5.74, 6) is -4.67. The Morgan fingerprint density at radius 3 is 2.32 bits per heavy atom. The van der Waals surface area contributed by atoms with Gasteiger partial charge in [-0.15, -0.1) is 0 Å². The predicted octanol–water partition coefficient (Wildman–Crippen LogP) is 3.33. The third kappa shape index (κ3) is 18.8. The number of likely N-dealkylation sites (tertiary alicyclic amines) is 1. The van der Waals surface area contributed by atoms with Crippen molar-refractivity contribution < 1.29 is 58.5 Å². The van der Waals surface area contributed by atoms with Gasteiger partial charge in [0.2, 0.25) is 30.0 Å². The molecule has 0 unspecified atom stereocenters. The molecule has 17 nitrogen and oxygen atoms in total. The molecule has 1 aromatic carbocycles. The van der Waals surface area contributed by atoms with E-state index in [0.717, 1.165) is 63.5 Å². The van der Waals surface area contributed by atoms with Gasteiger partial charge in [-0.3, -0.25) is 33.3 Å². The zero-order valence-electron chi connectivity index (χ0n) is 38.9. The molecule has 0 radical (unpaired) electrons. The number of fused-ring (bicyclic) bond motifs is 2. The van der Waals surface area contributed by atoms with Crippen LogP contribution in [0.15, 0.2) is 42.9 Å². The van der Waals surface area contributed by atoms with Crippen molar-refractivity contribution in [2.45, 2.75) is 168 Å². The summed E-state index contributed by atoms with van der Waals surface area (Å²) in [5.41, 5.74) is 2.21. The van der Waals surface area contributed by atoms with Crippen LogP contribution in [0.4, 0.5) is 0 Å². The number of carbonyl (C=O) groups is 6. The number of nitrogens with zero attached hydrogens (tertiary/aromatic N) is 3. The highest BCUT2D eigenvalue weighted by Gasteiger charge is 2.38. The predicted molar refractivity (Wildman–Crippen MR) is 245 cm³/mol. The number of imidazole rings is 1. The fourth-order valence-corrected chi connectivity index (χ4v) is 9.04. The molecular weight excluding hydrogens is 856 g/mol. The number of hydrogen-bond donors (Lipinski definition) is 4. The summed E-state index contributed by atoms with van der Waals surface area (Å²) in [4.78, 5) is 83.3. The molecular formula is C47H76N6O11P+. The lowest BCUT2D eigenvalue weighted by molar-refractivity contribution is -0.697. The van der Waals surface area contributed by atoms with Crippen molar-refractivity contribution in [1.29, 1.82) is 0 Å². The van der Waals surface area contributed by atoms with Gasteiger partial charge in [-0.2, -0.15) is 0 Å². The van der Waals surface area contributed by atoms with Crippen molar-refractivity contribution in [2.24, 2.45) is 17.8 Å². The van der Waals surface area contributed by atoms with Gasteiger partial charge in [0.25, 0.3) is 0 Å². The number of Topliss-reactive ketones (excluding diaryl/α,β-unsaturated/α-hetero) is 2. The molecule has 0 spiro atoms. The molecule has 364 valence electrons. The van der Waals surface area contributed by atoms with Gasteiger partial charge in [-0.25, -0.2) is 13.7 Å². The number of rotatable bonds is 20. The molecule has 65 heavy (non-hydrogen) atoms. The van der Waals surface area contributed by atoms with Crippen LogP contribution in [0.5, 0.6) is 0 Å². The Hall–Kier alpha value is -4.41. The second kappa shape index (κ2) is 30.0. The Morgan fingerprint density at radius 2 is 1.65 bits per heavy atom. The minimum atomic E-state index is -1.39. The summed E-state index contributed by atoms with van der Waals surface area (Å²) in [6.07, 6.45) is 14.1. The van der Waals surface area contributed by atoms with E-state index in [9.17, 15) is 38.4 Å². The van der Waals surface area contributed by atoms with Crippen LogP contribution in [-0.2, 0) is 63.8 Å². The smallest absolute Gasteiger partial charge is 0.327 e. The second-order valence-corrected chi connectivity index (χ2v) is 18.3. The molecule has 2 aliphatic rings. The molecule has 0 saturated carbocycles. The van der Waals surface area contributed by atoms with Crippen molar-refractivity contribution in [3.05, 3.63) is 54.1 Å². The third-order valence-electron chi connectivity index (χ3n) is 12.4. The molecule has 18 heteroatoms. The summed E-state index contributed by atoms with van der Waals surface area (Å²) >= 11 is 0. The topological polar surface area (TPSA) is 260 Å². The van der Waals surface area contributed by atoms with Gasteiger partial charge in [0.1, 0.15) is 24.0 Å². The zero-order valence-corrected chi connectivity index (χ0v) is 39.8. The number of nitrogens with one attached hydrogen (secondary N) is 3. The lowest BCUT2D eigenvalue weighted by Crippen LogP contribution is -2.52. The minimum absolute atomic E-state index is 0. The fraction of sp³-hybridized carbons (Fsp3) is 0.681. The highest BCUT2D eigenvalue weighted by Crippen LogP contribution is 2.23. The average molecular weight is 932 g/mol. The number of aliphatic hydroxyl groups excluding tert-OH is 1. The van der Waals surface area contributed by atoms with Gasteiger partial charge in [-0.05, 0) is 82.6 Å². The number of benzene rings is 1. The molecule has 1 saturated heterocycles. The SMILES string of the molecule is CC(=O)N1CCC[C@H]1C(=O)N[C@@H](CC(C)C)C(=O)C[C@H]1Cc2c[n+](cn2CCCCCCCCc2ccccc2)CCCCCNC(=O)[C@H]([C@@H](C)OP=O)CC(=O)[C@H](CO)NC1=O.O.O. The van der Waals surface area contributed by atoms with Gasteiger partial charge in [0.05, 0.1) is 43.7 Å². The van der Waals surface area contributed by atoms with E-state index in [1.165, 1.54) is 24.3 Å². The molecule has 2 bridgehead atoms. The zero-order chi connectivity index (χ0) is 45.7. The number of aliphatic hydroxyl groups is 1. The number of aromatic nitrogens is 2. The Kier molecular flexibility index (Phi) is 26.2. The largest absolute Gasteiger partial charge is 0.412 e. The Labute approximate surface area is 386 Å². The fourth-order valence-electron chi connectivity index (χ4n) is 8.76. The van der Waals surface area contributed by atoms with Crippen LogP contribution in [0, 0.1) is 17.8 Å². The van der Waals surface area contributed by atoms with Crippen LogP contribution in [0.1, 0.15) is 129 Å². The summed E-state index contributed by atoms with van der Waals surface area (Å²) < 4.78 is 20.7. The number of unbranched alkanes of at least 4 members (excludes halogenated alkanes) is 5. The van der Waals surface area contributed by atoms with Crippen LogP contribution in [0.2, 0.25) is 0 Å². The number of amides is 4. The first-order valence-electron chi connectivity index (χ1n) is 23.2. The first-order chi connectivity index (χ1) is 30.3. The Morgan fingerprint density at radius 1 is 0.938 bits per heavy atom. The average Bonchev–Trinajstić information content (AvgIpc) is 3.91. The molecule has 1 aromatic heterocycles. The van der Waals surface area contributed by atoms with Crippen molar-refractivity contribution in [2.75, 3.05) is 19.7 Å². The van der Waals surface area contributed by atoms with E-state index in [2.05, 4.69) is 49.4 Å². The van der Waals surface area contributed by atoms with E-state index in [0.29, 0.717) is 51.9 Å². The first-order valence-corrected chi connectivity index (χ1v) is 24.0. The van der Waals surface area contributed by atoms with Crippen LogP contribution in [-0.4, -0.2) is 105 Å². The monoisotopic (exact) mass is 932 g/mol. The second-order valence-electron chi connectivity index (χ2n) is 17.9. The maximum Gasteiger partial charge on any atom is 0.327 e. The number of carbonyl (C=O) groups excluding carboxylic acids is 6. The summed E-state index contributed by atoms with van der Waals surface area (Å²) in [6, 6.07) is 7.53. The van der Waals surface area contributed by atoms with Crippen LogP contribution in [0.25, 0.3) is 0 Å². The van der Waals surface area contributed by atoms with Crippen molar-refractivity contribution >= 4 is 43.9 Å². The van der Waals surface area contributed by atoms with E-state index in [4.69, 9.17) is 4.52 Å². The standard InChI is InChI=1S/C47H71N6O9P.2H2O/c1-33(2)26-40(49-47(60)42-21-17-25-53(42)35(4)55)43(56)28-37-27-38-30-51(32-52(38)24-16-8-6-5-7-11-18-36-19-12-9-13-20-36)23-15-10-14-22-48-46(59)39(34(3)62-63-61)29-44(57)41(31-54)50-45(37)58;;/h9,12-13,19-20,30,32-34,37,39-42,54H,5-8,10-11,14-18,21-29,31H2,1-4H3,(H2-,48,49,50,58,59,60);2*1H2/p+1/t34-,37-,39+,40+,41+,42+;;/m1../s1. The van der Waals surface area contributed by atoms with E-state index in [1.54, 1.807) is 0 Å². The summed E-state index contributed by atoms with van der Waals surface area (Å²) in [7, 11) is -0.655. The van der Waals surface area contributed by atoms with Crippen molar-refractivity contribution in [1.82, 2.24) is 25.4 Å². The molecule has 2 aliphatic heterocycles. The maximum atomic E-state index is 14.4.